The summed E-state index contributed by atoms with van der Waals surface area (Å²) in [5.74, 6) is -0.263. The molecule has 1 aromatic rings. The molecule has 4 N–H and O–H groups in total. The van der Waals surface area contributed by atoms with Gasteiger partial charge in [-0.3, -0.25) is 9.78 Å². The SMILES string of the molecule is Cc1ccc(NC(=O)C2(/C(N)=N/O)CCC2)cn1. The van der Waals surface area contributed by atoms with Crippen LogP contribution in [0.5, 0.6) is 0 Å². The van der Waals surface area contributed by atoms with Crippen molar-refractivity contribution in [1.82, 2.24) is 4.98 Å². The monoisotopic (exact) mass is 248 g/mol. The molecule has 18 heavy (non-hydrogen) atoms. The number of aromatic nitrogens is 1. The molecule has 6 nitrogen and oxygen atoms in total. The summed E-state index contributed by atoms with van der Waals surface area (Å²) in [4.78, 5) is 16.3. The smallest absolute Gasteiger partial charge is 0.238 e. The molecule has 0 bridgehead atoms. The minimum Gasteiger partial charge on any atom is -0.409 e. The van der Waals surface area contributed by atoms with E-state index in [4.69, 9.17) is 10.9 Å². The first-order chi connectivity index (χ1) is 8.58. The number of hydrogen-bond acceptors (Lipinski definition) is 4. The second-order valence-electron chi connectivity index (χ2n) is 4.56. The fourth-order valence-electron chi connectivity index (χ4n) is 2.02. The van der Waals surface area contributed by atoms with Crippen LogP contribution in [0.25, 0.3) is 0 Å². The standard InChI is InChI=1S/C12H16N4O2/c1-8-3-4-9(7-14-8)15-11(17)12(5-2-6-12)10(13)16-18/h3-4,7,18H,2,5-6H2,1H3,(H2,13,16)(H,15,17). The number of oxime groups is 1. The average molecular weight is 248 g/mol. The van der Waals surface area contributed by atoms with Crippen LogP contribution in [0.3, 0.4) is 0 Å². The third-order valence-electron chi connectivity index (χ3n) is 3.41. The van der Waals surface area contributed by atoms with Gasteiger partial charge in [0.15, 0.2) is 5.84 Å². The predicted molar refractivity (Wildman–Crippen MR) is 67.3 cm³/mol. The molecule has 0 saturated heterocycles. The number of hydrogen-bond donors (Lipinski definition) is 3. The lowest BCUT2D eigenvalue weighted by molar-refractivity contribution is -0.125. The Bertz CT molecular complexity index is 477. The minimum absolute atomic E-state index is 0.0219. The Labute approximate surface area is 105 Å². The van der Waals surface area contributed by atoms with Crippen LogP contribution in [0.4, 0.5) is 5.69 Å². The Morgan fingerprint density at radius 2 is 2.28 bits per heavy atom. The van der Waals surface area contributed by atoms with Crippen LogP contribution in [0, 0.1) is 12.3 Å². The van der Waals surface area contributed by atoms with Crippen molar-refractivity contribution >= 4 is 17.4 Å². The van der Waals surface area contributed by atoms with E-state index in [1.165, 1.54) is 0 Å². The summed E-state index contributed by atoms with van der Waals surface area (Å²) in [6, 6.07) is 3.59. The number of carbonyl (C=O) groups is 1. The number of pyridine rings is 1. The van der Waals surface area contributed by atoms with E-state index >= 15 is 0 Å². The van der Waals surface area contributed by atoms with Crippen LogP contribution in [-0.4, -0.2) is 21.9 Å². The Morgan fingerprint density at radius 1 is 1.56 bits per heavy atom. The van der Waals surface area contributed by atoms with Crippen molar-refractivity contribution < 1.29 is 10.0 Å². The summed E-state index contributed by atoms with van der Waals surface area (Å²) >= 11 is 0. The quantitative estimate of drug-likeness (QED) is 0.324. The zero-order chi connectivity index (χ0) is 13.2. The molecule has 0 atom stereocenters. The average Bonchev–Trinajstić information content (AvgIpc) is 2.30. The molecule has 1 amide bonds. The topological polar surface area (TPSA) is 101 Å². The molecule has 96 valence electrons. The van der Waals surface area contributed by atoms with Gasteiger partial charge in [0, 0.05) is 5.69 Å². The van der Waals surface area contributed by atoms with Gasteiger partial charge in [-0.2, -0.15) is 0 Å². The third-order valence-corrected chi connectivity index (χ3v) is 3.41. The van der Waals surface area contributed by atoms with Gasteiger partial charge in [-0.25, -0.2) is 0 Å². The summed E-state index contributed by atoms with van der Waals surface area (Å²) in [5, 5.41) is 14.5. The molecule has 2 rings (SSSR count). The summed E-state index contributed by atoms with van der Waals surface area (Å²) < 4.78 is 0. The van der Waals surface area contributed by atoms with Crippen LogP contribution in [0.15, 0.2) is 23.5 Å². The molecule has 1 saturated carbocycles. The van der Waals surface area contributed by atoms with Gasteiger partial charge in [0.1, 0.15) is 5.41 Å². The van der Waals surface area contributed by atoms with E-state index in [0.29, 0.717) is 18.5 Å². The molecule has 0 aromatic carbocycles. The van der Waals surface area contributed by atoms with Gasteiger partial charge in [0.2, 0.25) is 5.91 Å². The minimum atomic E-state index is -0.861. The van der Waals surface area contributed by atoms with E-state index in [9.17, 15) is 4.79 Å². The molecule has 1 aromatic heterocycles. The maximum Gasteiger partial charge on any atom is 0.238 e. The molecule has 0 aliphatic heterocycles. The van der Waals surface area contributed by atoms with E-state index in [0.717, 1.165) is 12.1 Å². The van der Waals surface area contributed by atoms with Crippen LogP contribution in [0.1, 0.15) is 25.0 Å². The first-order valence-electron chi connectivity index (χ1n) is 5.80. The van der Waals surface area contributed by atoms with Crippen molar-refractivity contribution in [3.8, 4) is 0 Å². The summed E-state index contributed by atoms with van der Waals surface area (Å²) in [6.45, 7) is 1.87. The Morgan fingerprint density at radius 3 is 2.72 bits per heavy atom. The Kier molecular flexibility index (Phi) is 3.18. The molecular weight excluding hydrogens is 232 g/mol. The van der Waals surface area contributed by atoms with Crippen LogP contribution in [0.2, 0.25) is 0 Å². The van der Waals surface area contributed by atoms with Gasteiger partial charge in [-0.05, 0) is 31.9 Å². The molecule has 6 heteroatoms. The van der Waals surface area contributed by atoms with E-state index < -0.39 is 5.41 Å². The van der Waals surface area contributed by atoms with Crippen LogP contribution >= 0.6 is 0 Å². The highest BCUT2D eigenvalue weighted by Gasteiger charge is 2.48. The lowest BCUT2D eigenvalue weighted by Gasteiger charge is -2.38. The predicted octanol–water partition coefficient (Wildman–Crippen LogP) is 1.25. The van der Waals surface area contributed by atoms with E-state index in [2.05, 4.69) is 15.5 Å². The van der Waals surface area contributed by atoms with Crippen LogP contribution < -0.4 is 11.1 Å². The van der Waals surface area contributed by atoms with Gasteiger partial charge >= 0.3 is 0 Å². The number of nitrogens with one attached hydrogen (secondary N) is 1. The molecule has 0 unspecified atom stereocenters. The van der Waals surface area contributed by atoms with Crippen molar-refractivity contribution in [2.45, 2.75) is 26.2 Å². The van der Waals surface area contributed by atoms with Gasteiger partial charge < -0.3 is 16.3 Å². The lowest BCUT2D eigenvalue weighted by Crippen LogP contribution is -2.51. The maximum atomic E-state index is 12.2. The molecule has 1 aliphatic carbocycles. The number of nitrogens with zero attached hydrogens (tertiary/aromatic N) is 2. The highest BCUT2D eigenvalue weighted by molar-refractivity contribution is 6.12. The first kappa shape index (κ1) is 12.3. The van der Waals surface area contributed by atoms with Crippen molar-refractivity contribution in [1.29, 1.82) is 0 Å². The second kappa shape index (κ2) is 4.64. The summed E-state index contributed by atoms with van der Waals surface area (Å²) in [6.07, 6.45) is 3.70. The van der Waals surface area contributed by atoms with E-state index in [-0.39, 0.29) is 11.7 Å². The number of amides is 1. The van der Waals surface area contributed by atoms with Crippen LogP contribution in [-0.2, 0) is 4.79 Å². The molecule has 1 fully saturated rings. The van der Waals surface area contributed by atoms with Crippen molar-refractivity contribution in [3.63, 3.8) is 0 Å². The van der Waals surface area contributed by atoms with Gasteiger partial charge in [-0.15, -0.1) is 0 Å². The number of amidine groups is 1. The fourth-order valence-corrected chi connectivity index (χ4v) is 2.02. The van der Waals surface area contributed by atoms with Crippen molar-refractivity contribution in [3.05, 3.63) is 24.0 Å². The fraction of sp³-hybridized carbons (Fsp3) is 0.417. The number of carbonyl (C=O) groups excluding carboxylic acids is 1. The van der Waals surface area contributed by atoms with E-state index in [1.807, 2.05) is 13.0 Å². The lowest BCUT2D eigenvalue weighted by atomic mass is 9.67. The zero-order valence-electron chi connectivity index (χ0n) is 10.2. The largest absolute Gasteiger partial charge is 0.409 e. The van der Waals surface area contributed by atoms with Gasteiger partial charge in [0.25, 0.3) is 0 Å². The highest BCUT2D eigenvalue weighted by atomic mass is 16.4. The number of nitrogens with two attached hydrogens (primary N) is 1. The molecule has 0 spiro atoms. The molecule has 1 aliphatic rings. The van der Waals surface area contributed by atoms with Crippen molar-refractivity contribution in [2.75, 3.05) is 5.32 Å². The van der Waals surface area contributed by atoms with Gasteiger partial charge in [0.05, 0.1) is 11.9 Å². The number of aryl methyl sites for hydroxylation is 1. The molecule has 0 radical (unpaired) electrons. The number of anilines is 1. The Balaban J connectivity index is 2.14. The van der Waals surface area contributed by atoms with Crippen molar-refractivity contribution in [2.24, 2.45) is 16.3 Å². The normalized spacial score (nSPS) is 17.9. The van der Waals surface area contributed by atoms with E-state index in [1.54, 1.807) is 12.3 Å². The van der Waals surface area contributed by atoms with Gasteiger partial charge in [-0.1, -0.05) is 11.6 Å². The first-order valence-corrected chi connectivity index (χ1v) is 5.80. The second-order valence-corrected chi connectivity index (χ2v) is 4.56. The summed E-state index contributed by atoms with van der Waals surface area (Å²) in [7, 11) is 0. The highest BCUT2D eigenvalue weighted by Crippen LogP contribution is 2.42. The third kappa shape index (κ3) is 2.01. The Hall–Kier alpha value is -2.11. The zero-order valence-corrected chi connectivity index (χ0v) is 10.2. The maximum absolute atomic E-state index is 12.2. The molecule has 1 heterocycles. The number of rotatable bonds is 3. The molecular formula is C12H16N4O2. The summed E-state index contributed by atoms with van der Waals surface area (Å²) in [5.41, 5.74) is 6.25.